The minimum Gasteiger partial charge on any atom is -0.390 e. The van der Waals surface area contributed by atoms with Crippen molar-refractivity contribution in [2.75, 3.05) is 0 Å². The molecule has 0 unspecified atom stereocenters. The SMILES string of the molecule is CC(=O)[C@H]1CC[C@H]2[C@@H]3CCC4=CC(=O)CC[C@]4(C)[C@@]3(F)[C@@H](O)C[C@@]12C. The van der Waals surface area contributed by atoms with Crippen LogP contribution >= 0.6 is 0 Å². The molecule has 0 aliphatic heterocycles. The predicted octanol–water partition coefficient (Wildman–Crippen LogP) is 3.79. The Kier molecular flexibility index (Phi) is 3.65. The molecule has 4 aliphatic carbocycles. The maximum atomic E-state index is 16.7. The molecule has 7 atom stereocenters. The van der Waals surface area contributed by atoms with E-state index in [1.54, 1.807) is 13.0 Å². The summed E-state index contributed by atoms with van der Waals surface area (Å²) in [4.78, 5) is 24.0. The smallest absolute Gasteiger partial charge is 0.155 e. The largest absolute Gasteiger partial charge is 0.390 e. The molecule has 3 saturated carbocycles. The van der Waals surface area contributed by atoms with Crippen LogP contribution in [0.2, 0.25) is 0 Å². The lowest BCUT2D eigenvalue weighted by molar-refractivity contribution is -0.208. The average Bonchev–Trinajstić information content (AvgIpc) is 2.87. The molecule has 0 aromatic heterocycles. The van der Waals surface area contributed by atoms with Crippen molar-refractivity contribution in [1.82, 2.24) is 0 Å². The molecule has 4 rings (SSSR count). The summed E-state index contributed by atoms with van der Waals surface area (Å²) in [6.07, 6.45) is 4.88. The van der Waals surface area contributed by atoms with E-state index in [1.165, 1.54) is 0 Å². The number of ketones is 2. The number of allylic oxidation sites excluding steroid dienone is 1. The van der Waals surface area contributed by atoms with Crippen molar-refractivity contribution in [2.24, 2.45) is 28.6 Å². The minimum atomic E-state index is -1.69. The van der Waals surface area contributed by atoms with Gasteiger partial charge in [-0.3, -0.25) is 9.59 Å². The fourth-order valence-corrected chi connectivity index (χ4v) is 7.24. The van der Waals surface area contributed by atoms with Crippen LogP contribution < -0.4 is 0 Å². The Morgan fingerprint density at radius 2 is 1.92 bits per heavy atom. The summed E-state index contributed by atoms with van der Waals surface area (Å²) in [6, 6.07) is 0. The van der Waals surface area contributed by atoms with E-state index in [-0.39, 0.29) is 34.7 Å². The van der Waals surface area contributed by atoms with Crippen LogP contribution in [0.5, 0.6) is 0 Å². The van der Waals surface area contributed by atoms with E-state index in [1.807, 2.05) is 6.92 Å². The zero-order valence-electron chi connectivity index (χ0n) is 15.5. The summed E-state index contributed by atoms with van der Waals surface area (Å²) in [6.45, 7) is 5.65. The highest BCUT2D eigenvalue weighted by Crippen LogP contribution is 2.69. The molecule has 138 valence electrons. The van der Waals surface area contributed by atoms with Crippen molar-refractivity contribution in [3.05, 3.63) is 11.6 Å². The quantitative estimate of drug-likeness (QED) is 0.784. The van der Waals surface area contributed by atoms with Crippen LogP contribution in [0.3, 0.4) is 0 Å². The molecule has 0 radical (unpaired) electrons. The lowest BCUT2D eigenvalue weighted by Gasteiger charge is -2.62. The molecule has 0 bridgehead atoms. The lowest BCUT2D eigenvalue weighted by atomic mass is 9.44. The second kappa shape index (κ2) is 5.25. The average molecular weight is 348 g/mol. The molecule has 4 aliphatic rings. The molecule has 25 heavy (non-hydrogen) atoms. The summed E-state index contributed by atoms with van der Waals surface area (Å²) in [7, 11) is 0. The van der Waals surface area contributed by atoms with Crippen molar-refractivity contribution in [3.8, 4) is 0 Å². The van der Waals surface area contributed by atoms with E-state index < -0.39 is 17.2 Å². The zero-order valence-corrected chi connectivity index (χ0v) is 15.5. The fraction of sp³-hybridized carbons (Fsp3) is 0.810. The van der Waals surface area contributed by atoms with E-state index in [9.17, 15) is 14.7 Å². The first-order valence-electron chi connectivity index (χ1n) is 9.76. The van der Waals surface area contributed by atoms with Gasteiger partial charge in [0.25, 0.3) is 0 Å². The number of rotatable bonds is 1. The second-order valence-electron chi connectivity index (χ2n) is 9.45. The molecular formula is C21H29FO3. The van der Waals surface area contributed by atoms with Crippen LogP contribution in [0, 0.1) is 28.6 Å². The van der Waals surface area contributed by atoms with Gasteiger partial charge in [-0.25, -0.2) is 4.39 Å². The van der Waals surface area contributed by atoms with Gasteiger partial charge in [0.15, 0.2) is 5.78 Å². The molecule has 0 aromatic rings. The van der Waals surface area contributed by atoms with Crippen molar-refractivity contribution in [2.45, 2.75) is 77.5 Å². The molecule has 0 amide bonds. The number of aliphatic hydroxyl groups is 1. The topological polar surface area (TPSA) is 54.4 Å². The van der Waals surface area contributed by atoms with Crippen molar-refractivity contribution < 1.29 is 19.1 Å². The normalized spacial score (nSPS) is 52.0. The Balaban J connectivity index is 1.79. The van der Waals surface area contributed by atoms with Gasteiger partial charge in [0, 0.05) is 23.7 Å². The summed E-state index contributed by atoms with van der Waals surface area (Å²) in [5, 5.41) is 11.0. The van der Waals surface area contributed by atoms with E-state index in [2.05, 4.69) is 6.92 Å². The summed E-state index contributed by atoms with van der Waals surface area (Å²) in [5.41, 5.74) is -1.84. The second-order valence-corrected chi connectivity index (χ2v) is 9.45. The third kappa shape index (κ3) is 2.01. The third-order valence-corrected chi connectivity index (χ3v) is 8.53. The third-order valence-electron chi connectivity index (χ3n) is 8.53. The van der Waals surface area contributed by atoms with Crippen LogP contribution in [0.15, 0.2) is 11.6 Å². The van der Waals surface area contributed by atoms with E-state index in [0.29, 0.717) is 25.7 Å². The number of carbonyl (C=O) groups is 2. The summed E-state index contributed by atoms with van der Waals surface area (Å²) >= 11 is 0. The van der Waals surface area contributed by atoms with Gasteiger partial charge in [0.05, 0.1) is 6.10 Å². The first-order chi connectivity index (χ1) is 11.6. The molecular weight excluding hydrogens is 319 g/mol. The van der Waals surface area contributed by atoms with Gasteiger partial charge in [-0.05, 0) is 62.9 Å². The van der Waals surface area contributed by atoms with Gasteiger partial charge < -0.3 is 5.11 Å². The Hall–Kier alpha value is -1.03. The lowest BCUT2D eigenvalue weighted by Crippen LogP contribution is -2.67. The summed E-state index contributed by atoms with van der Waals surface area (Å²) < 4.78 is 16.7. The highest BCUT2D eigenvalue weighted by Gasteiger charge is 2.70. The zero-order chi connectivity index (χ0) is 18.2. The van der Waals surface area contributed by atoms with Gasteiger partial charge >= 0.3 is 0 Å². The molecule has 0 saturated heterocycles. The van der Waals surface area contributed by atoms with E-state index >= 15 is 4.39 Å². The van der Waals surface area contributed by atoms with Crippen molar-refractivity contribution >= 4 is 11.6 Å². The number of alkyl halides is 1. The molecule has 0 heterocycles. The van der Waals surface area contributed by atoms with E-state index in [0.717, 1.165) is 24.8 Å². The monoisotopic (exact) mass is 348 g/mol. The Labute approximate surface area is 149 Å². The molecule has 0 aromatic carbocycles. The molecule has 4 heteroatoms. The maximum absolute atomic E-state index is 16.7. The number of Topliss-reactive ketones (excluding diaryl/α,β-unsaturated/α-hetero) is 1. The van der Waals surface area contributed by atoms with Gasteiger partial charge in [-0.1, -0.05) is 19.4 Å². The Morgan fingerprint density at radius 3 is 2.60 bits per heavy atom. The minimum absolute atomic E-state index is 0.0608. The molecule has 3 nitrogen and oxygen atoms in total. The van der Waals surface area contributed by atoms with Gasteiger partial charge in [-0.15, -0.1) is 0 Å². The fourth-order valence-electron chi connectivity index (χ4n) is 7.24. The van der Waals surface area contributed by atoms with Crippen LogP contribution in [-0.4, -0.2) is 28.4 Å². The first-order valence-corrected chi connectivity index (χ1v) is 9.76. The van der Waals surface area contributed by atoms with Gasteiger partial charge in [0.2, 0.25) is 0 Å². The first kappa shape index (κ1) is 17.4. The summed E-state index contributed by atoms with van der Waals surface area (Å²) in [5.74, 6) is 0.123. The number of aliphatic hydroxyl groups excluding tert-OH is 1. The van der Waals surface area contributed by atoms with Crippen LogP contribution in [0.1, 0.15) is 65.7 Å². The maximum Gasteiger partial charge on any atom is 0.155 e. The Bertz CT molecular complexity index is 670. The molecule has 3 fully saturated rings. The van der Waals surface area contributed by atoms with Crippen LogP contribution in [-0.2, 0) is 9.59 Å². The number of halogens is 1. The van der Waals surface area contributed by atoms with Crippen LogP contribution in [0.4, 0.5) is 4.39 Å². The standard InChI is InChI=1S/C21H29FO3/c1-12(23)15-6-7-16-17-5-4-13-10-14(24)8-9-20(13,3)21(17,22)18(25)11-19(15,16)2/h10,15-18,25H,4-9,11H2,1-3H3/t15-,16+,17+,18+,19+,20+,21+/m1/s1. The highest BCUT2D eigenvalue weighted by molar-refractivity contribution is 5.91. The number of hydrogen-bond donors (Lipinski definition) is 1. The van der Waals surface area contributed by atoms with Gasteiger partial charge in [0.1, 0.15) is 11.5 Å². The number of fused-ring (bicyclic) bond motifs is 5. The Morgan fingerprint density at radius 1 is 1.20 bits per heavy atom. The van der Waals surface area contributed by atoms with E-state index in [4.69, 9.17) is 0 Å². The van der Waals surface area contributed by atoms with Crippen molar-refractivity contribution in [3.63, 3.8) is 0 Å². The van der Waals surface area contributed by atoms with Crippen LogP contribution in [0.25, 0.3) is 0 Å². The van der Waals surface area contributed by atoms with Gasteiger partial charge in [-0.2, -0.15) is 0 Å². The van der Waals surface area contributed by atoms with Crippen molar-refractivity contribution in [1.29, 1.82) is 0 Å². The molecule has 0 spiro atoms. The number of carbonyl (C=O) groups excluding carboxylic acids is 2. The molecule has 1 N–H and O–H groups in total. The highest BCUT2D eigenvalue weighted by atomic mass is 19.1. The number of hydrogen-bond acceptors (Lipinski definition) is 3. The predicted molar refractivity (Wildman–Crippen MR) is 92.6 cm³/mol.